The summed E-state index contributed by atoms with van der Waals surface area (Å²) in [4.78, 5) is 8.01. The summed E-state index contributed by atoms with van der Waals surface area (Å²) in [6.07, 6.45) is 3.91. The lowest BCUT2D eigenvalue weighted by atomic mass is 10.4. The Morgan fingerprint density at radius 1 is 1.38 bits per heavy atom. The number of aromatic nitrogens is 2. The Kier molecular flexibility index (Phi) is 5.51. The maximum Gasteiger partial charge on any atom is 0.250 e. The maximum atomic E-state index is 12.2. The Morgan fingerprint density at radius 3 is 2.86 bits per heavy atom. The summed E-state index contributed by atoms with van der Waals surface area (Å²) in [5, 5.41) is 3.27. The lowest BCUT2D eigenvalue weighted by Crippen LogP contribution is -2.25. The fraction of sp³-hybridized carbons (Fsp3) is 0.462. The van der Waals surface area contributed by atoms with Crippen molar-refractivity contribution in [1.82, 2.24) is 20.0 Å². The molecule has 0 atom stereocenters. The first-order valence-corrected chi connectivity index (χ1v) is 9.07. The molecule has 3 N–H and O–H groups in total. The Hall–Kier alpha value is -1.22. The Labute approximate surface area is 129 Å². The fourth-order valence-corrected chi connectivity index (χ4v) is 4.10. The van der Waals surface area contributed by atoms with E-state index in [1.54, 1.807) is 18.5 Å². The molecule has 2 aromatic rings. The van der Waals surface area contributed by atoms with Gasteiger partial charge in [0.15, 0.2) is 0 Å². The van der Waals surface area contributed by atoms with Crippen molar-refractivity contribution in [3.05, 3.63) is 35.2 Å². The minimum atomic E-state index is -3.43. The highest BCUT2D eigenvalue weighted by molar-refractivity contribution is 7.91. The number of hydrogen-bond acceptors (Lipinski definition) is 5. The van der Waals surface area contributed by atoms with Crippen LogP contribution in [0.4, 0.5) is 0 Å². The normalized spacial score (nSPS) is 12.1. The van der Waals surface area contributed by atoms with Crippen LogP contribution >= 0.6 is 11.3 Å². The van der Waals surface area contributed by atoms with Crippen LogP contribution in [0.15, 0.2) is 28.7 Å². The highest BCUT2D eigenvalue weighted by Gasteiger charge is 2.16. The van der Waals surface area contributed by atoms with Crippen molar-refractivity contribution in [2.45, 2.75) is 37.1 Å². The minimum absolute atomic E-state index is 0.327. The van der Waals surface area contributed by atoms with E-state index in [0.29, 0.717) is 29.8 Å². The molecule has 0 bridgehead atoms. The molecule has 2 aromatic heterocycles. The van der Waals surface area contributed by atoms with Crippen molar-refractivity contribution < 1.29 is 8.42 Å². The van der Waals surface area contributed by atoms with E-state index in [9.17, 15) is 8.42 Å². The van der Waals surface area contributed by atoms with Crippen molar-refractivity contribution in [3.63, 3.8) is 0 Å². The minimum Gasteiger partial charge on any atom is -0.349 e. The smallest absolute Gasteiger partial charge is 0.250 e. The summed E-state index contributed by atoms with van der Waals surface area (Å²) in [5.41, 5.74) is 0. The second-order valence-electron chi connectivity index (χ2n) is 4.94. The molecule has 2 rings (SSSR count). The van der Waals surface area contributed by atoms with Crippen LogP contribution in [-0.4, -0.2) is 31.0 Å². The molecule has 0 fully saturated rings. The molecule has 6 nitrogen and oxygen atoms in total. The highest BCUT2D eigenvalue weighted by atomic mass is 32.2. The van der Waals surface area contributed by atoms with Crippen LogP contribution in [0.1, 0.15) is 24.5 Å². The van der Waals surface area contributed by atoms with Gasteiger partial charge in [-0.2, -0.15) is 0 Å². The zero-order valence-electron chi connectivity index (χ0n) is 12.1. The van der Waals surface area contributed by atoms with E-state index < -0.39 is 10.0 Å². The first kappa shape index (κ1) is 16.2. The molecule has 0 saturated heterocycles. The van der Waals surface area contributed by atoms with E-state index in [1.807, 2.05) is 6.07 Å². The zero-order chi connectivity index (χ0) is 15.3. The number of rotatable bonds is 8. The van der Waals surface area contributed by atoms with Gasteiger partial charge in [-0.3, -0.25) is 0 Å². The first-order valence-electron chi connectivity index (χ1n) is 6.77. The van der Waals surface area contributed by atoms with Crippen LogP contribution in [0.2, 0.25) is 0 Å². The second kappa shape index (κ2) is 7.17. The van der Waals surface area contributed by atoms with Gasteiger partial charge in [-0.25, -0.2) is 18.1 Å². The molecule has 21 heavy (non-hydrogen) atoms. The number of thiophene rings is 1. The maximum absolute atomic E-state index is 12.2. The van der Waals surface area contributed by atoms with Crippen LogP contribution in [0.3, 0.4) is 0 Å². The van der Waals surface area contributed by atoms with Crippen LogP contribution in [0, 0.1) is 0 Å². The molecule has 8 heteroatoms. The van der Waals surface area contributed by atoms with E-state index in [-0.39, 0.29) is 0 Å². The zero-order valence-corrected chi connectivity index (χ0v) is 13.7. The van der Waals surface area contributed by atoms with Crippen LogP contribution in [0.25, 0.3) is 0 Å². The number of imidazole rings is 1. The topological polar surface area (TPSA) is 86.9 Å². The molecular formula is C13H20N4O2S2. The van der Waals surface area contributed by atoms with Crippen molar-refractivity contribution in [2.75, 3.05) is 6.54 Å². The largest absolute Gasteiger partial charge is 0.349 e. The molecule has 0 unspecified atom stereocenters. The predicted octanol–water partition coefficient (Wildman–Crippen LogP) is 1.49. The third-order valence-electron chi connectivity index (χ3n) is 2.80. The van der Waals surface area contributed by atoms with Gasteiger partial charge >= 0.3 is 0 Å². The monoisotopic (exact) mass is 328 g/mol. The molecule has 0 aromatic carbocycles. The van der Waals surface area contributed by atoms with Gasteiger partial charge in [0.05, 0.1) is 0 Å². The second-order valence-corrected chi connectivity index (χ2v) is 8.10. The van der Waals surface area contributed by atoms with Crippen molar-refractivity contribution in [3.8, 4) is 0 Å². The van der Waals surface area contributed by atoms with Gasteiger partial charge in [-0.15, -0.1) is 11.3 Å². The molecule has 0 radical (unpaired) electrons. The van der Waals surface area contributed by atoms with Gasteiger partial charge in [0, 0.05) is 42.8 Å². The molecule has 0 amide bonds. The predicted molar refractivity (Wildman–Crippen MR) is 83.8 cm³/mol. The average molecular weight is 328 g/mol. The Balaban J connectivity index is 1.89. The summed E-state index contributed by atoms with van der Waals surface area (Å²) in [7, 11) is -3.43. The molecule has 0 spiro atoms. The SMILES string of the molecule is CC(C)NCc1ccc(S(=O)(=O)NCCc2ncc[nH]2)s1. The molecule has 2 heterocycles. The molecule has 0 saturated carbocycles. The third-order valence-corrected chi connectivity index (χ3v) is 5.83. The molecule has 116 valence electrons. The highest BCUT2D eigenvalue weighted by Crippen LogP contribution is 2.21. The van der Waals surface area contributed by atoms with Crippen LogP contribution in [-0.2, 0) is 23.0 Å². The number of sulfonamides is 1. The van der Waals surface area contributed by atoms with E-state index in [1.165, 1.54) is 11.3 Å². The Morgan fingerprint density at radius 2 is 2.19 bits per heavy atom. The van der Waals surface area contributed by atoms with Crippen molar-refractivity contribution in [1.29, 1.82) is 0 Å². The third kappa shape index (κ3) is 4.92. The quantitative estimate of drug-likeness (QED) is 0.685. The van der Waals surface area contributed by atoms with Crippen LogP contribution in [0.5, 0.6) is 0 Å². The number of hydrogen-bond donors (Lipinski definition) is 3. The number of nitrogens with zero attached hydrogens (tertiary/aromatic N) is 1. The number of H-pyrrole nitrogens is 1. The summed E-state index contributed by atoms with van der Waals surface area (Å²) in [6, 6.07) is 3.87. The van der Waals surface area contributed by atoms with Gasteiger partial charge < -0.3 is 10.3 Å². The van der Waals surface area contributed by atoms with E-state index in [0.717, 1.165) is 10.7 Å². The molecule has 0 aliphatic heterocycles. The van der Waals surface area contributed by atoms with Gasteiger partial charge in [-0.1, -0.05) is 13.8 Å². The summed E-state index contributed by atoms with van der Waals surface area (Å²) in [6.45, 7) is 5.13. The molecular weight excluding hydrogens is 308 g/mol. The van der Waals surface area contributed by atoms with E-state index in [4.69, 9.17) is 0 Å². The van der Waals surface area contributed by atoms with Gasteiger partial charge in [0.1, 0.15) is 10.0 Å². The van der Waals surface area contributed by atoms with E-state index >= 15 is 0 Å². The summed E-state index contributed by atoms with van der Waals surface area (Å²) < 4.78 is 27.3. The van der Waals surface area contributed by atoms with Crippen LogP contribution < -0.4 is 10.0 Å². The van der Waals surface area contributed by atoms with Gasteiger partial charge in [0.2, 0.25) is 10.0 Å². The fourth-order valence-electron chi connectivity index (χ4n) is 1.71. The number of nitrogens with one attached hydrogen (secondary N) is 3. The summed E-state index contributed by atoms with van der Waals surface area (Å²) in [5.74, 6) is 0.769. The average Bonchev–Trinajstić information content (AvgIpc) is 3.07. The van der Waals surface area contributed by atoms with Crippen molar-refractivity contribution in [2.24, 2.45) is 0 Å². The lowest BCUT2D eigenvalue weighted by molar-refractivity contribution is 0.583. The van der Waals surface area contributed by atoms with Gasteiger partial charge in [-0.05, 0) is 12.1 Å². The first-order chi connectivity index (χ1) is 9.97. The van der Waals surface area contributed by atoms with E-state index in [2.05, 4.69) is 33.9 Å². The molecule has 0 aliphatic rings. The Bertz CT molecular complexity index is 648. The van der Waals surface area contributed by atoms with Crippen molar-refractivity contribution >= 4 is 21.4 Å². The summed E-state index contributed by atoms with van der Waals surface area (Å²) >= 11 is 1.29. The molecule has 0 aliphatic carbocycles. The number of aromatic amines is 1. The van der Waals surface area contributed by atoms with Gasteiger partial charge in [0.25, 0.3) is 0 Å². The standard InChI is InChI=1S/C13H20N4O2S2/c1-10(2)16-9-11-3-4-13(20-11)21(18,19)17-6-5-12-14-7-8-15-12/h3-4,7-8,10,16-17H,5-6,9H2,1-2H3,(H,14,15). The lowest BCUT2D eigenvalue weighted by Gasteiger charge is -2.05.